The maximum atomic E-state index is 14.2. The Hall–Kier alpha value is -3.96. The number of anilines is 1. The minimum atomic E-state index is -4.32. The molecule has 0 spiro atoms. The van der Waals surface area contributed by atoms with E-state index in [9.17, 15) is 18.0 Å². The summed E-state index contributed by atoms with van der Waals surface area (Å²) in [5.74, 6) is 0.188. The van der Waals surface area contributed by atoms with E-state index in [0.717, 1.165) is 17.1 Å². The van der Waals surface area contributed by atoms with Gasteiger partial charge in [0.2, 0.25) is 11.8 Å². The number of methoxy groups -OCH3 is 2. The quantitative estimate of drug-likeness (QED) is 0.211. The number of benzene rings is 3. The van der Waals surface area contributed by atoms with E-state index in [1.165, 1.54) is 37.3 Å². The van der Waals surface area contributed by atoms with Crippen LogP contribution in [0.5, 0.6) is 17.2 Å². The van der Waals surface area contributed by atoms with Gasteiger partial charge in [0.1, 0.15) is 18.3 Å². The second-order valence-corrected chi connectivity index (χ2v) is 12.2. The molecule has 2 amide bonds. The van der Waals surface area contributed by atoms with Crippen LogP contribution in [0.15, 0.2) is 71.6 Å². The molecule has 238 valence electrons. The molecule has 0 saturated carbocycles. The number of hydrogen-bond acceptors (Lipinski definition) is 7. The van der Waals surface area contributed by atoms with Gasteiger partial charge < -0.3 is 24.4 Å². The summed E-state index contributed by atoms with van der Waals surface area (Å²) in [6, 6.07) is 16.7. The van der Waals surface area contributed by atoms with Gasteiger partial charge in [0, 0.05) is 24.2 Å². The van der Waals surface area contributed by atoms with Crippen molar-refractivity contribution >= 4 is 39.1 Å². The molecule has 0 bridgehead atoms. The summed E-state index contributed by atoms with van der Waals surface area (Å²) >= 11 is 6.21. The van der Waals surface area contributed by atoms with Gasteiger partial charge in [0.15, 0.2) is 11.5 Å². The van der Waals surface area contributed by atoms with Crippen molar-refractivity contribution in [2.24, 2.45) is 0 Å². The molecule has 12 heteroatoms. The molecule has 3 aromatic carbocycles. The number of hydrogen-bond donors (Lipinski definition) is 1. The largest absolute Gasteiger partial charge is 0.494 e. The number of rotatable bonds is 16. The smallest absolute Gasteiger partial charge is 0.264 e. The Balaban J connectivity index is 2.06. The highest BCUT2D eigenvalue weighted by Crippen LogP contribution is 2.33. The van der Waals surface area contributed by atoms with E-state index in [2.05, 4.69) is 5.32 Å². The number of amides is 2. The van der Waals surface area contributed by atoms with Crippen molar-refractivity contribution in [1.29, 1.82) is 0 Å². The standard InChI is InChI=1S/C32H40ClN3O7S/c1-6-8-18-34-32(38)23(3)35(21-24-10-9-11-25(33)19-24)31(37)22-36(26-12-14-27(15-13-26)43-7-2)44(39,40)28-16-17-29(41-4)30(20-28)42-5/h9-17,19-20,23H,6-8,18,21-22H2,1-5H3,(H,34,38). The Morgan fingerprint density at radius 2 is 1.66 bits per heavy atom. The average molecular weight is 646 g/mol. The van der Waals surface area contributed by atoms with Crippen LogP contribution >= 0.6 is 11.6 Å². The fraction of sp³-hybridized carbons (Fsp3) is 0.375. The predicted molar refractivity (Wildman–Crippen MR) is 171 cm³/mol. The molecule has 0 aliphatic rings. The molecule has 0 radical (unpaired) electrons. The lowest BCUT2D eigenvalue weighted by Crippen LogP contribution is -2.51. The minimum absolute atomic E-state index is 0.0370. The Morgan fingerprint density at radius 3 is 2.27 bits per heavy atom. The van der Waals surface area contributed by atoms with Crippen molar-refractivity contribution < 1.29 is 32.2 Å². The Morgan fingerprint density at radius 1 is 0.955 bits per heavy atom. The van der Waals surface area contributed by atoms with Gasteiger partial charge in [-0.25, -0.2) is 8.42 Å². The third-order valence-electron chi connectivity index (χ3n) is 6.90. The first-order valence-electron chi connectivity index (χ1n) is 14.3. The number of halogens is 1. The zero-order valence-corrected chi connectivity index (χ0v) is 27.3. The van der Waals surface area contributed by atoms with Crippen LogP contribution in [-0.2, 0) is 26.2 Å². The van der Waals surface area contributed by atoms with E-state index in [1.807, 2.05) is 13.8 Å². The van der Waals surface area contributed by atoms with Gasteiger partial charge in [-0.1, -0.05) is 37.1 Å². The zero-order valence-electron chi connectivity index (χ0n) is 25.7. The van der Waals surface area contributed by atoms with Gasteiger partial charge in [0.25, 0.3) is 10.0 Å². The summed E-state index contributed by atoms with van der Waals surface area (Å²) < 4.78 is 45.5. The second kappa shape index (κ2) is 16.2. The third kappa shape index (κ3) is 8.79. The Labute approximate surface area is 264 Å². The molecule has 0 fully saturated rings. The summed E-state index contributed by atoms with van der Waals surface area (Å²) in [5.41, 5.74) is 0.925. The number of nitrogens with zero attached hydrogens (tertiary/aromatic N) is 2. The highest BCUT2D eigenvalue weighted by molar-refractivity contribution is 7.92. The Kier molecular flexibility index (Phi) is 12.7. The number of sulfonamides is 1. The van der Waals surface area contributed by atoms with Gasteiger partial charge >= 0.3 is 0 Å². The summed E-state index contributed by atoms with van der Waals surface area (Å²) in [5, 5.41) is 3.34. The molecule has 1 unspecified atom stereocenters. The summed E-state index contributed by atoms with van der Waals surface area (Å²) in [4.78, 5) is 28.5. The van der Waals surface area contributed by atoms with Crippen LogP contribution in [0.25, 0.3) is 0 Å². The lowest BCUT2D eigenvalue weighted by atomic mass is 10.1. The molecule has 10 nitrogen and oxygen atoms in total. The van der Waals surface area contributed by atoms with Gasteiger partial charge in [-0.15, -0.1) is 0 Å². The van der Waals surface area contributed by atoms with Crippen molar-refractivity contribution in [3.8, 4) is 17.2 Å². The molecule has 3 aromatic rings. The lowest BCUT2D eigenvalue weighted by molar-refractivity contribution is -0.139. The van der Waals surface area contributed by atoms with Crippen LogP contribution in [0.3, 0.4) is 0 Å². The molecule has 1 atom stereocenters. The molecule has 1 N–H and O–H groups in total. The van der Waals surface area contributed by atoms with Crippen molar-refractivity contribution in [2.75, 3.05) is 38.2 Å². The van der Waals surface area contributed by atoms with Gasteiger partial charge in [-0.3, -0.25) is 13.9 Å². The van der Waals surface area contributed by atoms with Crippen molar-refractivity contribution in [3.05, 3.63) is 77.3 Å². The SMILES string of the molecule is CCCCNC(=O)C(C)N(Cc1cccc(Cl)c1)C(=O)CN(c1ccc(OCC)cc1)S(=O)(=O)c1ccc(OC)c(OC)c1. The molecule has 0 aromatic heterocycles. The highest BCUT2D eigenvalue weighted by atomic mass is 35.5. The normalized spacial score (nSPS) is 11.8. The van der Waals surface area contributed by atoms with Crippen LogP contribution in [0.1, 0.15) is 39.2 Å². The number of carbonyl (C=O) groups excluding carboxylic acids is 2. The second-order valence-electron chi connectivity index (χ2n) is 9.93. The van der Waals surface area contributed by atoms with E-state index in [0.29, 0.717) is 35.2 Å². The van der Waals surface area contributed by atoms with Crippen molar-refractivity contribution in [2.45, 2.75) is 51.1 Å². The number of nitrogens with one attached hydrogen (secondary N) is 1. The van der Waals surface area contributed by atoms with Crippen LogP contribution in [0.2, 0.25) is 5.02 Å². The third-order valence-corrected chi connectivity index (χ3v) is 8.90. The molecule has 0 saturated heterocycles. The molecule has 0 aliphatic carbocycles. The van der Waals surface area contributed by atoms with Gasteiger partial charge in [-0.05, 0) is 74.4 Å². The monoisotopic (exact) mass is 645 g/mol. The summed E-state index contributed by atoms with van der Waals surface area (Å²) in [7, 11) is -1.47. The summed E-state index contributed by atoms with van der Waals surface area (Å²) in [6.45, 7) is 5.82. The van der Waals surface area contributed by atoms with Gasteiger partial charge in [-0.2, -0.15) is 0 Å². The van der Waals surface area contributed by atoms with E-state index in [1.54, 1.807) is 55.5 Å². The molecule has 0 heterocycles. The zero-order chi connectivity index (χ0) is 32.3. The Bertz CT molecular complexity index is 1520. The van der Waals surface area contributed by atoms with Crippen molar-refractivity contribution in [3.63, 3.8) is 0 Å². The van der Waals surface area contributed by atoms with Crippen LogP contribution < -0.4 is 23.8 Å². The maximum Gasteiger partial charge on any atom is 0.264 e. The predicted octanol–water partition coefficient (Wildman–Crippen LogP) is 5.28. The molecular weight excluding hydrogens is 606 g/mol. The number of carbonyl (C=O) groups is 2. The average Bonchev–Trinajstić information content (AvgIpc) is 3.02. The lowest BCUT2D eigenvalue weighted by Gasteiger charge is -2.32. The van der Waals surface area contributed by atoms with Crippen molar-refractivity contribution in [1.82, 2.24) is 10.2 Å². The molecule has 0 aliphatic heterocycles. The highest BCUT2D eigenvalue weighted by Gasteiger charge is 2.33. The first-order valence-corrected chi connectivity index (χ1v) is 16.2. The summed E-state index contributed by atoms with van der Waals surface area (Å²) in [6.07, 6.45) is 1.68. The molecular formula is C32H40ClN3O7S. The molecule has 44 heavy (non-hydrogen) atoms. The van der Waals surface area contributed by atoms with E-state index in [4.69, 9.17) is 25.8 Å². The first kappa shape index (κ1) is 34.5. The number of unbranched alkanes of at least 4 members (excludes halogenated alkanes) is 1. The van der Waals surface area contributed by atoms with Crippen LogP contribution in [0, 0.1) is 0 Å². The fourth-order valence-electron chi connectivity index (χ4n) is 4.46. The maximum absolute atomic E-state index is 14.2. The molecule has 3 rings (SSSR count). The topological polar surface area (TPSA) is 114 Å². The van der Waals surface area contributed by atoms with Gasteiger partial charge in [0.05, 0.1) is 31.4 Å². The van der Waals surface area contributed by atoms with Crippen LogP contribution in [-0.4, -0.2) is 65.1 Å². The van der Waals surface area contributed by atoms with Crippen LogP contribution in [0.4, 0.5) is 5.69 Å². The fourth-order valence-corrected chi connectivity index (χ4v) is 6.10. The minimum Gasteiger partial charge on any atom is -0.494 e. The first-order chi connectivity index (χ1) is 21.0. The van der Waals surface area contributed by atoms with E-state index < -0.39 is 28.5 Å². The van der Waals surface area contributed by atoms with E-state index in [-0.39, 0.29) is 28.8 Å². The number of ether oxygens (including phenoxy) is 3. The van der Waals surface area contributed by atoms with E-state index >= 15 is 0 Å².